The van der Waals surface area contributed by atoms with E-state index in [-0.39, 0.29) is 29.0 Å². The molecule has 3 aliphatic heterocycles. The van der Waals surface area contributed by atoms with Gasteiger partial charge in [0, 0.05) is 26.7 Å². The summed E-state index contributed by atoms with van der Waals surface area (Å²) in [6, 6.07) is 2.52. The third-order valence-corrected chi connectivity index (χ3v) is 5.77. The predicted molar refractivity (Wildman–Crippen MR) is 88.8 cm³/mol. The van der Waals surface area contributed by atoms with Crippen LogP contribution in [0.2, 0.25) is 5.15 Å². The molecule has 126 valence electrons. The van der Waals surface area contributed by atoms with Gasteiger partial charge in [0.15, 0.2) is 10.8 Å². The Morgan fingerprint density at radius 1 is 1.29 bits per heavy atom. The highest BCUT2D eigenvalue weighted by Crippen LogP contribution is 2.40. The second-order valence-corrected chi connectivity index (χ2v) is 7.20. The summed E-state index contributed by atoms with van der Waals surface area (Å²) in [4.78, 5) is 26.9. The summed E-state index contributed by atoms with van der Waals surface area (Å²) in [5.74, 6) is 1.26. The average molecular weight is 347 g/mol. The third kappa shape index (κ3) is 2.37. The Hall–Kier alpha value is -2.07. The number of hydrogen-bond acceptors (Lipinski definition) is 5. The van der Waals surface area contributed by atoms with Crippen molar-refractivity contribution in [1.29, 1.82) is 5.26 Å². The van der Waals surface area contributed by atoms with Crippen molar-refractivity contribution in [3.63, 3.8) is 0 Å². The second-order valence-electron chi connectivity index (χ2n) is 6.84. The van der Waals surface area contributed by atoms with Gasteiger partial charge in [0.25, 0.3) is 0 Å². The molecule has 4 heterocycles. The molecular weight excluding hydrogens is 328 g/mol. The van der Waals surface area contributed by atoms with E-state index in [0.29, 0.717) is 11.7 Å². The Kier molecular flexibility index (Phi) is 3.72. The standard InChI is InChI=1S/C16H19ClN6O/c1-21-4-5-22(16(21)24)13-6-10-2-3-12(13)23(9-10)14-8-19-11(7-18)15(17)20-14/h8,10,12-13H,2-6,9H2,1H3. The van der Waals surface area contributed by atoms with E-state index in [0.717, 1.165) is 32.5 Å². The molecule has 3 unspecified atom stereocenters. The Labute approximate surface area is 145 Å². The van der Waals surface area contributed by atoms with Crippen LogP contribution in [0.3, 0.4) is 0 Å². The molecule has 8 heteroatoms. The maximum absolute atomic E-state index is 12.4. The summed E-state index contributed by atoms with van der Waals surface area (Å²) in [5.41, 5.74) is 0.149. The number of carbonyl (C=O) groups excluding carboxylic acids is 1. The summed E-state index contributed by atoms with van der Waals surface area (Å²) >= 11 is 6.06. The molecule has 24 heavy (non-hydrogen) atoms. The minimum absolute atomic E-state index is 0.122. The van der Waals surface area contributed by atoms with Crippen LogP contribution in [0.5, 0.6) is 0 Å². The van der Waals surface area contributed by atoms with Crippen LogP contribution in [-0.2, 0) is 0 Å². The zero-order valence-corrected chi connectivity index (χ0v) is 14.3. The van der Waals surface area contributed by atoms with Gasteiger partial charge >= 0.3 is 6.03 Å². The van der Waals surface area contributed by atoms with E-state index in [1.54, 1.807) is 11.1 Å². The molecule has 5 rings (SSSR count). The first-order valence-corrected chi connectivity index (χ1v) is 8.67. The van der Waals surface area contributed by atoms with Crippen LogP contribution in [0.4, 0.5) is 10.6 Å². The van der Waals surface area contributed by atoms with Crippen molar-refractivity contribution in [3.05, 3.63) is 17.0 Å². The molecule has 0 N–H and O–H groups in total. The lowest BCUT2D eigenvalue weighted by Gasteiger charge is -2.52. The lowest BCUT2D eigenvalue weighted by atomic mass is 9.76. The van der Waals surface area contributed by atoms with Crippen molar-refractivity contribution < 1.29 is 4.79 Å². The highest BCUT2D eigenvalue weighted by Gasteiger charge is 2.46. The summed E-state index contributed by atoms with van der Waals surface area (Å²) in [5, 5.41) is 9.11. The SMILES string of the molecule is CN1CCN(C2CC3CCC2N(c2cnc(C#N)c(Cl)n2)C3)C1=O. The van der Waals surface area contributed by atoms with Crippen LogP contribution in [0.25, 0.3) is 0 Å². The maximum atomic E-state index is 12.4. The quantitative estimate of drug-likeness (QED) is 0.815. The number of rotatable bonds is 2. The number of amides is 2. The van der Waals surface area contributed by atoms with Crippen LogP contribution in [0.1, 0.15) is 25.0 Å². The number of hydrogen-bond donors (Lipinski definition) is 0. The molecule has 4 aliphatic rings. The van der Waals surface area contributed by atoms with E-state index in [1.807, 2.05) is 18.0 Å². The molecule has 2 bridgehead atoms. The summed E-state index contributed by atoms with van der Waals surface area (Å²) in [6.45, 7) is 2.49. The molecule has 4 fully saturated rings. The molecule has 2 amide bonds. The van der Waals surface area contributed by atoms with Crippen molar-refractivity contribution in [3.8, 4) is 6.07 Å². The Morgan fingerprint density at radius 3 is 2.75 bits per heavy atom. The maximum Gasteiger partial charge on any atom is 0.320 e. The Morgan fingerprint density at radius 2 is 2.12 bits per heavy atom. The lowest BCUT2D eigenvalue weighted by molar-refractivity contribution is 0.110. The molecule has 3 atom stereocenters. The number of anilines is 1. The number of nitriles is 1. The predicted octanol–water partition coefficient (Wildman–Crippen LogP) is 1.73. The first-order valence-electron chi connectivity index (χ1n) is 8.29. The van der Waals surface area contributed by atoms with E-state index in [4.69, 9.17) is 16.9 Å². The molecule has 1 aliphatic carbocycles. The number of fused-ring (bicyclic) bond motifs is 3. The smallest absolute Gasteiger partial charge is 0.320 e. The van der Waals surface area contributed by atoms with Gasteiger partial charge in [-0.1, -0.05) is 11.6 Å². The van der Waals surface area contributed by atoms with Crippen LogP contribution in [0.15, 0.2) is 6.20 Å². The number of likely N-dealkylation sites (N-methyl/N-ethyl adjacent to an activating group) is 1. The van der Waals surface area contributed by atoms with Gasteiger partial charge in [-0.2, -0.15) is 5.26 Å². The molecule has 1 saturated carbocycles. The summed E-state index contributed by atoms with van der Waals surface area (Å²) in [6.07, 6.45) is 4.91. The molecule has 0 spiro atoms. The average Bonchev–Trinajstić information content (AvgIpc) is 2.94. The number of nitrogens with zero attached hydrogens (tertiary/aromatic N) is 6. The van der Waals surface area contributed by atoms with Gasteiger partial charge in [-0.05, 0) is 25.2 Å². The number of piperidine rings is 2. The van der Waals surface area contributed by atoms with Gasteiger partial charge in [0.1, 0.15) is 11.9 Å². The monoisotopic (exact) mass is 346 g/mol. The molecular formula is C16H19ClN6O. The van der Waals surface area contributed by atoms with Gasteiger partial charge in [0.2, 0.25) is 0 Å². The van der Waals surface area contributed by atoms with Gasteiger partial charge in [-0.3, -0.25) is 0 Å². The van der Waals surface area contributed by atoms with Gasteiger partial charge in [0.05, 0.1) is 18.3 Å². The van der Waals surface area contributed by atoms with Gasteiger partial charge in [-0.25, -0.2) is 14.8 Å². The number of halogens is 1. The van der Waals surface area contributed by atoms with E-state index in [9.17, 15) is 4.79 Å². The highest BCUT2D eigenvalue weighted by atomic mass is 35.5. The molecule has 7 nitrogen and oxygen atoms in total. The normalized spacial score (nSPS) is 29.3. The number of urea groups is 1. The van der Waals surface area contributed by atoms with Crippen molar-refractivity contribution in [1.82, 2.24) is 19.8 Å². The van der Waals surface area contributed by atoms with Gasteiger partial charge in [-0.15, -0.1) is 0 Å². The lowest BCUT2D eigenvalue weighted by Crippen LogP contribution is -2.62. The van der Waals surface area contributed by atoms with Crippen LogP contribution < -0.4 is 4.90 Å². The van der Waals surface area contributed by atoms with Crippen LogP contribution >= 0.6 is 11.6 Å². The van der Waals surface area contributed by atoms with E-state index < -0.39 is 0 Å². The minimum Gasteiger partial charge on any atom is -0.350 e. The topological polar surface area (TPSA) is 76.4 Å². The van der Waals surface area contributed by atoms with Crippen molar-refractivity contribution >= 4 is 23.4 Å². The molecule has 1 aromatic heterocycles. The Bertz CT molecular complexity index is 719. The second kappa shape index (κ2) is 5.78. The largest absolute Gasteiger partial charge is 0.350 e. The number of aromatic nitrogens is 2. The van der Waals surface area contributed by atoms with E-state index in [2.05, 4.69) is 14.9 Å². The van der Waals surface area contributed by atoms with Crippen molar-refractivity contribution in [2.45, 2.75) is 31.3 Å². The molecule has 3 saturated heterocycles. The van der Waals surface area contributed by atoms with E-state index in [1.165, 1.54) is 6.42 Å². The molecule has 0 aromatic carbocycles. The fourth-order valence-electron chi connectivity index (χ4n) is 4.30. The van der Waals surface area contributed by atoms with Crippen molar-refractivity contribution in [2.24, 2.45) is 5.92 Å². The Balaban J connectivity index is 1.62. The first kappa shape index (κ1) is 15.5. The van der Waals surface area contributed by atoms with Crippen LogP contribution in [-0.4, -0.2) is 64.6 Å². The van der Waals surface area contributed by atoms with Gasteiger partial charge < -0.3 is 14.7 Å². The zero-order valence-electron chi connectivity index (χ0n) is 13.5. The van der Waals surface area contributed by atoms with Crippen molar-refractivity contribution in [2.75, 3.05) is 31.6 Å². The highest BCUT2D eigenvalue weighted by molar-refractivity contribution is 6.30. The third-order valence-electron chi connectivity index (χ3n) is 5.51. The zero-order chi connectivity index (χ0) is 16.8. The number of carbonyl (C=O) groups is 1. The summed E-state index contributed by atoms with van der Waals surface area (Å²) in [7, 11) is 1.85. The molecule has 0 radical (unpaired) electrons. The molecule has 1 aromatic rings. The minimum atomic E-state index is 0.122. The summed E-state index contributed by atoms with van der Waals surface area (Å²) < 4.78 is 0. The fourth-order valence-corrected chi connectivity index (χ4v) is 4.48. The fraction of sp³-hybridized carbons (Fsp3) is 0.625. The first-order chi connectivity index (χ1) is 11.6. The van der Waals surface area contributed by atoms with E-state index >= 15 is 0 Å². The van der Waals surface area contributed by atoms with Crippen LogP contribution in [0, 0.1) is 17.2 Å².